The minimum Gasteiger partial charge on any atom is -0.296 e. The number of fused-ring (bicyclic) bond motifs is 4. The van der Waals surface area contributed by atoms with Crippen LogP contribution in [0.5, 0.6) is 0 Å². The van der Waals surface area contributed by atoms with Crippen molar-refractivity contribution in [2.45, 2.75) is 34.2 Å². The minimum absolute atomic E-state index is 0.0933. The van der Waals surface area contributed by atoms with Crippen LogP contribution in [-0.4, -0.2) is 24.1 Å². The Hall–Kier alpha value is -3.25. The number of benzene rings is 2. The van der Waals surface area contributed by atoms with Crippen LogP contribution in [-0.2, 0) is 6.54 Å². The summed E-state index contributed by atoms with van der Waals surface area (Å²) in [7, 11) is 0. The molecule has 5 aromatic rings. The van der Waals surface area contributed by atoms with E-state index < -0.39 is 0 Å². The fourth-order valence-electron chi connectivity index (χ4n) is 4.06. The van der Waals surface area contributed by atoms with E-state index in [0.717, 1.165) is 22.3 Å². The van der Waals surface area contributed by atoms with Gasteiger partial charge in [0.25, 0.3) is 5.56 Å². The molecule has 6 nitrogen and oxygen atoms in total. The monoisotopic (exact) mass is 431 g/mol. The van der Waals surface area contributed by atoms with Crippen LogP contribution in [0.15, 0.2) is 47.3 Å². The summed E-state index contributed by atoms with van der Waals surface area (Å²) in [5.74, 6) is 0.977. The Morgan fingerprint density at radius 3 is 2.39 bits per heavy atom. The molecule has 31 heavy (non-hydrogen) atoms. The molecule has 0 saturated heterocycles. The van der Waals surface area contributed by atoms with Crippen molar-refractivity contribution in [3.8, 4) is 5.69 Å². The Bertz CT molecular complexity index is 1550. The van der Waals surface area contributed by atoms with Crippen molar-refractivity contribution in [1.29, 1.82) is 0 Å². The first-order valence-electron chi connectivity index (χ1n) is 10.3. The van der Waals surface area contributed by atoms with Gasteiger partial charge in [0.2, 0.25) is 0 Å². The highest BCUT2D eigenvalue weighted by atomic mass is 35.5. The largest absolute Gasteiger partial charge is 0.296 e. The summed E-state index contributed by atoms with van der Waals surface area (Å²) in [6.45, 7) is 8.64. The van der Waals surface area contributed by atoms with E-state index in [2.05, 4.69) is 13.8 Å². The van der Waals surface area contributed by atoms with Gasteiger partial charge in [-0.3, -0.25) is 13.9 Å². The first kappa shape index (κ1) is 19.7. The third kappa shape index (κ3) is 3.10. The van der Waals surface area contributed by atoms with Crippen LogP contribution < -0.4 is 5.56 Å². The number of rotatable bonds is 3. The zero-order valence-electron chi connectivity index (χ0n) is 17.8. The number of aryl methyl sites for hydroxylation is 2. The molecule has 0 aliphatic rings. The average molecular weight is 432 g/mol. The van der Waals surface area contributed by atoms with Crippen molar-refractivity contribution in [2.75, 3.05) is 0 Å². The van der Waals surface area contributed by atoms with Crippen LogP contribution >= 0.6 is 11.6 Å². The molecule has 0 atom stereocenters. The van der Waals surface area contributed by atoms with Crippen LogP contribution in [0.4, 0.5) is 0 Å². The summed E-state index contributed by atoms with van der Waals surface area (Å²) in [5.41, 5.74) is 4.97. The summed E-state index contributed by atoms with van der Waals surface area (Å²) in [6, 6.07) is 13.4. The molecule has 0 saturated carbocycles. The van der Waals surface area contributed by atoms with E-state index in [1.54, 1.807) is 4.57 Å². The van der Waals surface area contributed by atoms with Crippen LogP contribution in [0, 0.1) is 19.8 Å². The summed E-state index contributed by atoms with van der Waals surface area (Å²) >= 11 is 6.34. The number of hydrogen-bond acceptors (Lipinski definition) is 4. The molecule has 0 spiro atoms. The van der Waals surface area contributed by atoms with E-state index >= 15 is 0 Å². The molecule has 7 heteroatoms. The number of halogens is 1. The SMILES string of the molecule is Cc1ccc(Cl)cc1-n1c2nc3ccccc3nc2c2c(=O)n(CC(C)C)c(C)nc21. The molecule has 0 N–H and O–H groups in total. The summed E-state index contributed by atoms with van der Waals surface area (Å²) in [5, 5.41) is 1.09. The average Bonchev–Trinajstić information content (AvgIpc) is 3.03. The molecular weight excluding hydrogens is 410 g/mol. The third-order valence-electron chi connectivity index (χ3n) is 5.51. The fourth-order valence-corrected chi connectivity index (χ4v) is 4.23. The standard InChI is InChI=1S/C24H22ClN5O/c1-13(2)12-29-15(4)26-22-20(24(29)31)21-23(28-18-8-6-5-7-17(18)27-21)30(22)19-11-16(25)10-9-14(19)3/h5-11,13H,12H2,1-4H3. The van der Waals surface area contributed by atoms with Crippen LogP contribution in [0.2, 0.25) is 5.02 Å². The molecule has 0 unspecified atom stereocenters. The molecule has 2 aromatic carbocycles. The lowest BCUT2D eigenvalue weighted by Gasteiger charge is -2.13. The lowest BCUT2D eigenvalue weighted by molar-refractivity contribution is 0.498. The Balaban J connectivity index is 2.02. The smallest absolute Gasteiger partial charge is 0.265 e. The predicted molar refractivity (Wildman–Crippen MR) is 125 cm³/mol. The van der Waals surface area contributed by atoms with Gasteiger partial charge in [0.05, 0.1) is 16.7 Å². The summed E-state index contributed by atoms with van der Waals surface area (Å²) in [4.78, 5) is 28.3. The molecule has 0 fully saturated rings. The number of aromatic nitrogens is 5. The van der Waals surface area contributed by atoms with Crippen molar-refractivity contribution in [3.05, 3.63) is 69.2 Å². The second-order valence-corrected chi connectivity index (χ2v) is 8.75. The zero-order valence-corrected chi connectivity index (χ0v) is 18.6. The molecular formula is C24H22ClN5O. The Labute approximate surface area is 184 Å². The van der Waals surface area contributed by atoms with Crippen LogP contribution in [0.25, 0.3) is 38.9 Å². The van der Waals surface area contributed by atoms with Crippen molar-refractivity contribution in [3.63, 3.8) is 0 Å². The van der Waals surface area contributed by atoms with Gasteiger partial charge in [-0.1, -0.05) is 43.6 Å². The second kappa shape index (κ2) is 7.17. The van der Waals surface area contributed by atoms with E-state index in [1.165, 1.54) is 0 Å². The highest BCUT2D eigenvalue weighted by Gasteiger charge is 2.23. The lowest BCUT2D eigenvalue weighted by atomic mass is 10.2. The van der Waals surface area contributed by atoms with E-state index in [9.17, 15) is 4.79 Å². The highest BCUT2D eigenvalue weighted by Crippen LogP contribution is 2.31. The van der Waals surface area contributed by atoms with E-state index in [-0.39, 0.29) is 5.56 Å². The van der Waals surface area contributed by atoms with Gasteiger partial charge in [0.1, 0.15) is 16.7 Å². The van der Waals surface area contributed by atoms with Crippen LogP contribution in [0.3, 0.4) is 0 Å². The normalized spacial score (nSPS) is 11.9. The zero-order chi connectivity index (χ0) is 21.9. The lowest BCUT2D eigenvalue weighted by Crippen LogP contribution is -2.26. The summed E-state index contributed by atoms with van der Waals surface area (Å²) in [6.07, 6.45) is 0. The quantitative estimate of drug-likeness (QED) is 0.393. The van der Waals surface area contributed by atoms with Gasteiger partial charge in [0, 0.05) is 11.6 Å². The second-order valence-electron chi connectivity index (χ2n) is 8.32. The van der Waals surface area contributed by atoms with Crippen molar-refractivity contribution >= 4 is 44.8 Å². The Morgan fingerprint density at radius 1 is 0.968 bits per heavy atom. The van der Waals surface area contributed by atoms with Gasteiger partial charge in [-0.25, -0.2) is 15.0 Å². The maximum absolute atomic E-state index is 13.6. The molecule has 0 amide bonds. The maximum atomic E-state index is 13.6. The topological polar surface area (TPSA) is 65.6 Å². The molecule has 0 bridgehead atoms. The molecule has 0 aliphatic heterocycles. The van der Waals surface area contributed by atoms with Crippen molar-refractivity contribution in [2.24, 2.45) is 5.92 Å². The summed E-state index contributed by atoms with van der Waals surface area (Å²) < 4.78 is 3.65. The number of nitrogens with zero attached hydrogens (tertiary/aromatic N) is 5. The van der Waals surface area contributed by atoms with Crippen molar-refractivity contribution in [1.82, 2.24) is 24.1 Å². The van der Waals surface area contributed by atoms with Gasteiger partial charge in [0.15, 0.2) is 11.3 Å². The molecule has 0 radical (unpaired) electrons. The molecule has 156 valence electrons. The number of hydrogen-bond donors (Lipinski definition) is 0. The van der Waals surface area contributed by atoms with E-state index in [4.69, 9.17) is 26.6 Å². The van der Waals surface area contributed by atoms with Crippen LogP contribution in [0.1, 0.15) is 25.2 Å². The Kier molecular flexibility index (Phi) is 4.55. The predicted octanol–water partition coefficient (Wildman–Crippen LogP) is 5.21. The Morgan fingerprint density at radius 2 is 1.68 bits per heavy atom. The highest BCUT2D eigenvalue weighted by molar-refractivity contribution is 6.30. The van der Waals surface area contributed by atoms with Gasteiger partial charge >= 0.3 is 0 Å². The van der Waals surface area contributed by atoms with Gasteiger partial charge in [-0.05, 0) is 49.6 Å². The van der Waals surface area contributed by atoms with Crippen molar-refractivity contribution < 1.29 is 0 Å². The number of para-hydroxylation sites is 2. The van der Waals surface area contributed by atoms with Gasteiger partial charge < -0.3 is 0 Å². The third-order valence-corrected chi connectivity index (χ3v) is 5.75. The first-order chi connectivity index (χ1) is 14.8. The first-order valence-corrected chi connectivity index (χ1v) is 10.7. The van der Waals surface area contributed by atoms with E-state index in [1.807, 2.05) is 60.9 Å². The minimum atomic E-state index is -0.0933. The van der Waals surface area contributed by atoms with Gasteiger partial charge in [-0.2, -0.15) is 0 Å². The fraction of sp³-hybridized carbons (Fsp3) is 0.250. The van der Waals surface area contributed by atoms with Gasteiger partial charge in [-0.15, -0.1) is 0 Å². The maximum Gasteiger partial charge on any atom is 0.265 e. The molecule has 5 rings (SSSR count). The molecule has 0 aliphatic carbocycles. The van der Waals surface area contributed by atoms with E-state index in [0.29, 0.717) is 45.5 Å². The molecule has 3 aromatic heterocycles. The molecule has 3 heterocycles.